The summed E-state index contributed by atoms with van der Waals surface area (Å²) in [6.07, 6.45) is 0.0437. The molecule has 0 aliphatic carbocycles. The number of rotatable bonds is 2. The Hall–Kier alpha value is -2.99. The third-order valence-electron chi connectivity index (χ3n) is 5.00. The van der Waals surface area contributed by atoms with Gasteiger partial charge in [0, 0.05) is 24.4 Å². The van der Waals surface area contributed by atoms with Gasteiger partial charge in [0.05, 0.1) is 11.5 Å². The minimum absolute atomic E-state index is 0.0144. The number of aromatic nitrogens is 2. The van der Waals surface area contributed by atoms with E-state index in [2.05, 4.69) is 10.2 Å². The summed E-state index contributed by atoms with van der Waals surface area (Å²) < 4.78 is 0. The van der Waals surface area contributed by atoms with E-state index in [0.717, 1.165) is 5.56 Å². The van der Waals surface area contributed by atoms with Gasteiger partial charge in [0.2, 0.25) is 0 Å². The van der Waals surface area contributed by atoms with E-state index < -0.39 is 6.10 Å². The number of amides is 1. The van der Waals surface area contributed by atoms with Crippen molar-refractivity contribution in [1.29, 1.82) is 0 Å². The molecule has 0 bridgehead atoms. The standard InChI is InChI=1S/C20H19N3O3/c24-17-12-23(11-10-14(17)13-6-2-1-3-7-13)20(26)18-15-8-4-5-9-16(15)19(25)22-21-18/h1-9,14,17,24H,10-12H2,(H,22,25)/t14-,17+/m0/s1. The van der Waals surface area contributed by atoms with Crippen molar-refractivity contribution in [2.24, 2.45) is 0 Å². The molecule has 0 saturated carbocycles. The number of nitrogens with zero attached hydrogens (tertiary/aromatic N) is 2. The minimum atomic E-state index is -0.635. The van der Waals surface area contributed by atoms with Crippen molar-refractivity contribution in [2.75, 3.05) is 13.1 Å². The Morgan fingerprint density at radius 2 is 1.77 bits per heavy atom. The van der Waals surface area contributed by atoms with Crippen LogP contribution in [0.15, 0.2) is 59.4 Å². The fourth-order valence-electron chi connectivity index (χ4n) is 3.63. The molecule has 132 valence electrons. The van der Waals surface area contributed by atoms with Gasteiger partial charge >= 0.3 is 0 Å². The van der Waals surface area contributed by atoms with Crippen LogP contribution in [0.5, 0.6) is 0 Å². The number of piperidine rings is 1. The second kappa shape index (κ2) is 6.72. The van der Waals surface area contributed by atoms with Crippen LogP contribution in [0.2, 0.25) is 0 Å². The van der Waals surface area contributed by atoms with Crippen LogP contribution in [0.25, 0.3) is 10.8 Å². The molecule has 2 N–H and O–H groups in total. The lowest BCUT2D eigenvalue weighted by Gasteiger charge is -2.36. The molecule has 26 heavy (non-hydrogen) atoms. The first-order valence-electron chi connectivity index (χ1n) is 8.65. The first kappa shape index (κ1) is 16.5. The van der Waals surface area contributed by atoms with Gasteiger partial charge in [-0.05, 0) is 18.1 Å². The number of carbonyl (C=O) groups is 1. The van der Waals surface area contributed by atoms with Crippen molar-refractivity contribution in [2.45, 2.75) is 18.4 Å². The van der Waals surface area contributed by atoms with Crippen molar-refractivity contribution >= 4 is 16.7 Å². The summed E-state index contributed by atoms with van der Waals surface area (Å²) in [5.74, 6) is -0.261. The van der Waals surface area contributed by atoms with Crippen LogP contribution >= 0.6 is 0 Å². The van der Waals surface area contributed by atoms with E-state index in [9.17, 15) is 14.7 Å². The molecule has 6 heteroatoms. The number of β-amino-alcohol motifs (C(OH)–C–C–N with tert-alkyl or cyclic N) is 1. The minimum Gasteiger partial charge on any atom is -0.391 e. The normalized spacial score (nSPS) is 20.3. The number of fused-ring (bicyclic) bond motifs is 1. The van der Waals surface area contributed by atoms with E-state index >= 15 is 0 Å². The molecule has 0 unspecified atom stereocenters. The van der Waals surface area contributed by atoms with E-state index in [1.54, 1.807) is 29.2 Å². The Bertz CT molecular complexity index is 1000. The highest BCUT2D eigenvalue weighted by Crippen LogP contribution is 2.29. The topological polar surface area (TPSA) is 86.3 Å². The number of benzene rings is 2. The molecule has 2 atom stereocenters. The summed E-state index contributed by atoms with van der Waals surface area (Å²) >= 11 is 0. The molecule has 1 amide bonds. The molecule has 4 rings (SSSR count). The van der Waals surface area contributed by atoms with Crippen LogP contribution < -0.4 is 5.56 Å². The zero-order chi connectivity index (χ0) is 18.1. The van der Waals surface area contributed by atoms with Crippen LogP contribution in [0.4, 0.5) is 0 Å². The largest absolute Gasteiger partial charge is 0.391 e. The Morgan fingerprint density at radius 1 is 1.08 bits per heavy atom. The maximum atomic E-state index is 12.9. The molecule has 0 radical (unpaired) electrons. The second-order valence-corrected chi connectivity index (χ2v) is 6.57. The van der Waals surface area contributed by atoms with Crippen LogP contribution in [-0.4, -0.2) is 45.3 Å². The number of hydrogen-bond donors (Lipinski definition) is 2. The molecule has 0 spiro atoms. The molecule has 1 fully saturated rings. The third kappa shape index (κ3) is 2.88. The summed E-state index contributed by atoms with van der Waals surface area (Å²) in [7, 11) is 0. The molecule has 1 saturated heterocycles. The SMILES string of the molecule is O=C(c1n[nH]c(=O)c2ccccc12)N1CC[C@@H](c2ccccc2)[C@H](O)C1. The Kier molecular flexibility index (Phi) is 4.26. The summed E-state index contributed by atoms with van der Waals surface area (Å²) in [6, 6.07) is 16.8. The Labute approximate surface area is 150 Å². The fraction of sp³-hybridized carbons (Fsp3) is 0.250. The maximum Gasteiger partial charge on any atom is 0.275 e. The predicted octanol–water partition coefficient (Wildman–Crippen LogP) is 1.91. The fourth-order valence-corrected chi connectivity index (χ4v) is 3.63. The summed E-state index contributed by atoms with van der Waals surface area (Å²) in [5.41, 5.74) is 0.977. The van der Waals surface area contributed by atoms with Crippen LogP contribution in [0, 0.1) is 0 Å². The van der Waals surface area contributed by atoms with Gasteiger partial charge in [-0.1, -0.05) is 48.5 Å². The number of aromatic amines is 1. The van der Waals surface area contributed by atoms with Crippen LogP contribution in [-0.2, 0) is 0 Å². The Morgan fingerprint density at radius 3 is 2.50 bits per heavy atom. The van der Waals surface area contributed by atoms with E-state index in [1.165, 1.54) is 0 Å². The molecular weight excluding hydrogens is 330 g/mol. The number of hydrogen-bond acceptors (Lipinski definition) is 4. The lowest BCUT2D eigenvalue weighted by molar-refractivity contribution is 0.0378. The Balaban J connectivity index is 1.59. The monoisotopic (exact) mass is 349 g/mol. The van der Waals surface area contributed by atoms with E-state index in [1.807, 2.05) is 30.3 Å². The summed E-state index contributed by atoms with van der Waals surface area (Å²) in [4.78, 5) is 26.5. The van der Waals surface area contributed by atoms with Crippen molar-refractivity contribution in [3.05, 3.63) is 76.2 Å². The van der Waals surface area contributed by atoms with Gasteiger partial charge < -0.3 is 10.0 Å². The first-order valence-corrected chi connectivity index (χ1v) is 8.65. The summed E-state index contributed by atoms with van der Waals surface area (Å²) in [5, 5.41) is 17.9. The zero-order valence-corrected chi connectivity index (χ0v) is 14.1. The maximum absolute atomic E-state index is 12.9. The second-order valence-electron chi connectivity index (χ2n) is 6.57. The molecule has 3 aromatic rings. The molecule has 6 nitrogen and oxygen atoms in total. The number of H-pyrrole nitrogens is 1. The quantitative estimate of drug-likeness (QED) is 0.740. The van der Waals surface area contributed by atoms with Crippen molar-refractivity contribution in [1.82, 2.24) is 15.1 Å². The van der Waals surface area contributed by atoms with E-state index in [4.69, 9.17) is 0 Å². The number of likely N-dealkylation sites (tertiary alicyclic amines) is 1. The van der Waals surface area contributed by atoms with Crippen molar-refractivity contribution < 1.29 is 9.90 Å². The lowest BCUT2D eigenvalue weighted by atomic mass is 9.87. The zero-order valence-electron chi connectivity index (χ0n) is 14.1. The smallest absolute Gasteiger partial charge is 0.275 e. The van der Waals surface area contributed by atoms with Gasteiger partial charge in [0.15, 0.2) is 5.69 Å². The summed E-state index contributed by atoms with van der Waals surface area (Å²) in [6.45, 7) is 0.776. The molecular formula is C20H19N3O3. The van der Waals surface area contributed by atoms with Gasteiger partial charge in [-0.15, -0.1) is 0 Å². The van der Waals surface area contributed by atoms with Gasteiger partial charge in [0.1, 0.15) is 0 Å². The predicted molar refractivity (Wildman–Crippen MR) is 98.1 cm³/mol. The van der Waals surface area contributed by atoms with Gasteiger partial charge in [-0.25, -0.2) is 5.10 Å². The van der Waals surface area contributed by atoms with E-state index in [0.29, 0.717) is 23.7 Å². The van der Waals surface area contributed by atoms with Crippen molar-refractivity contribution in [3.8, 4) is 0 Å². The highest BCUT2D eigenvalue weighted by molar-refractivity contribution is 6.04. The number of carbonyl (C=O) groups excluding carboxylic acids is 1. The van der Waals surface area contributed by atoms with Gasteiger partial charge in [0.25, 0.3) is 11.5 Å². The van der Waals surface area contributed by atoms with Gasteiger partial charge in [-0.3, -0.25) is 9.59 Å². The van der Waals surface area contributed by atoms with Gasteiger partial charge in [-0.2, -0.15) is 5.10 Å². The number of aliphatic hydroxyl groups is 1. The van der Waals surface area contributed by atoms with Crippen LogP contribution in [0.1, 0.15) is 28.4 Å². The lowest BCUT2D eigenvalue weighted by Crippen LogP contribution is -2.46. The van der Waals surface area contributed by atoms with Crippen LogP contribution in [0.3, 0.4) is 0 Å². The van der Waals surface area contributed by atoms with Crippen molar-refractivity contribution in [3.63, 3.8) is 0 Å². The number of aliphatic hydroxyl groups excluding tert-OH is 1. The molecule has 2 heterocycles. The third-order valence-corrected chi connectivity index (χ3v) is 5.00. The average Bonchev–Trinajstić information content (AvgIpc) is 2.68. The molecule has 1 aliphatic heterocycles. The number of nitrogens with one attached hydrogen (secondary N) is 1. The molecule has 2 aromatic carbocycles. The highest BCUT2D eigenvalue weighted by atomic mass is 16.3. The molecule has 1 aliphatic rings. The first-order chi connectivity index (χ1) is 12.6. The molecule has 1 aromatic heterocycles. The van der Waals surface area contributed by atoms with E-state index in [-0.39, 0.29) is 29.6 Å². The highest BCUT2D eigenvalue weighted by Gasteiger charge is 2.32. The average molecular weight is 349 g/mol.